The molecule has 0 saturated carbocycles. The first kappa shape index (κ1) is 12.5. The molecule has 90 valence electrons. The lowest BCUT2D eigenvalue weighted by Crippen LogP contribution is -2.11. The number of carbonyl (C=O) groups is 1. The van der Waals surface area contributed by atoms with Crippen LogP contribution >= 0.6 is 0 Å². The summed E-state index contributed by atoms with van der Waals surface area (Å²) in [5.41, 5.74) is 0. The van der Waals surface area contributed by atoms with E-state index < -0.39 is 0 Å². The number of oxazole rings is 1. The van der Waals surface area contributed by atoms with Crippen molar-refractivity contribution in [2.75, 3.05) is 33.0 Å². The Bertz CT molecular complexity index is 229. The van der Waals surface area contributed by atoms with Crippen LogP contribution in [0.4, 0.5) is 4.79 Å². The van der Waals surface area contributed by atoms with Crippen LogP contribution in [-0.2, 0) is 9.47 Å². The Kier molecular flexibility index (Phi) is 6.77. The third kappa shape index (κ3) is 6.80. The Balaban J connectivity index is 0.000000121. The van der Waals surface area contributed by atoms with Gasteiger partial charge >= 0.3 is 6.09 Å². The highest BCUT2D eigenvalue weighted by atomic mass is 16.6. The van der Waals surface area contributed by atoms with Crippen LogP contribution in [0.5, 0.6) is 0 Å². The molecule has 0 aliphatic carbocycles. The van der Waals surface area contributed by atoms with Crippen LogP contribution < -0.4 is 10.6 Å². The molecule has 1 amide bonds. The molecular weight excluding hydrogens is 214 g/mol. The average Bonchev–Trinajstić information content (AvgIpc) is 3.07. The van der Waals surface area contributed by atoms with Crippen LogP contribution in [0.2, 0.25) is 0 Å². The second-order valence-electron chi connectivity index (χ2n) is 2.79. The van der Waals surface area contributed by atoms with Gasteiger partial charge < -0.3 is 19.2 Å². The molecule has 0 atom stereocenters. The maximum absolute atomic E-state index is 9.91. The number of amides is 1. The van der Waals surface area contributed by atoms with Crippen molar-refractivity contribution in [3.63, 3.8) is 0 Å². The molecule has 0 bridgehead atoms. The quantitative estimate of drug-likeness (QED) is 0.649. The molecule has 0 unspecified atom stereocenters. The summed E-state index contributed by atoms with van der Waals surface area (Å²) in [7, 11) is 0. The maximum Gasteiger partial charge on any atom is 0.407 e. The summed E-state index contributed by atoms with van der Waals surface area (Å²) in [5.74, 6) is 0. The van der Waals surface area contributed by atoms with E-state index in [1.807, 2.05) is 0 Å². The van der Waals surface area contributed by atoms with E-state index in [1.165, 1.54) is 12.7 Å². The largest absolute Gasteiger partial charge is 0.452 e. The van der Waals surface area contributed by atoms with Crippen LogP contribution in [0.15, 0.2) is 23.3 Å². The highest BCUT2D eigenvalue weighted by Gasteiger charge is 2.06. The molecular formula is C9H15N3O4. The van der Waals surface area contributed by atoms with Gasteiger partial charge in [0.05, 0.1) is 26.1 Å². The zero-order valence-corrected chi connectivity index (χ0v) is 8.85. The molecule has 1 aromatic heterocycles. The molecule has 0 spiro atoms. The number of cyclic esters (lactones) is 1. The van der Waals surface area contributed by atoms with E-state index in [1.54, 1.807) is 6.20 Å². The number of aromatic nitrogens is 1. The lowest BCUT2D eigenvalue weighted by Gasteiger charge is -1.80. The third-order valence-electron chi connectivity index (χ3n) is 1.58. The van der Waals surface area contributed by atoms with Crippen molar-refractivity contribution in [3.8, 4) is 0 Å². The van der Waals surface area contributed by atoms with Gasteiger partial charge in [-0.15, -0.1) is 0 Å². The van der Waals surface area contributed by atoms with Crippen LogP contribution in [0.3, 0.4) is 0 Å². The van der Waals surface area contributed by atoms with Crippen LogP contribution in [0.25, 0.3) is 0 Å². The van der Waals surface area contributed by atoms with E-state index in [9.17, 15) is 4.79 Å². The maximum atomic E-state index is 9.91. The highest BCUT2D eigenvalue weighted by molar-refractivity contribution is 5.68. The lowest BCUT2D eigenvalue weighted by atomic mass is 10.7. The molecule has 0 radical (unpaired) electrons. The van der Waals surface area contributed by atoms with Gasteiger partial charge in [-0.05, 0) is 0 Å². The van der Waals surface area contributed by atoms with Gasteiger partial charge in [0.25, 0.3) is 0 Å². The first-order valence-electron chi connectivity index (χ1n) is 4.91. The first-order chi connectivity index (χ1) is 7.89. The zero-order valence-electron chi connectivity index (χ0n) is 8.85. The predicted molar refractivity (Wildman–Crippen MR) is 54.7 cm³/mol. The average molecular weight is 229 g/mol. The molecule has 1 aromatic rings. The van der Waals surface area contributed by atoms with Crippen molar-refractivity contribution in [1.29, 1.82) is 0 Å². The zero-order chi connectivity index (χ0) is 11.5. The van der Waals surface area contributed by atoms with E-state index in [0.717, 1.165) is 19.9 Å². The summed E-state index contributed by atoms with van der Waals surface area (Å²) in [6.45, 7) is 3.86. The minimum absolute atomic E-state index is 0.296. The van der Waals surface area contributed by atoms with Gasteiger partial charge in [0, 0.05) is 6.54 Å². The Morgan fingerprint density at radius 2 is 2.25 bits per heavy atom. The molecule has 2 N–H and O–H groups in total. The predicted octanol–water partition coefficient (Wildman–Crippen LogP) is -0.0355. The molecule has 2 saturated heterocycles. The van der Waals surface area contributed by atoms with E-state index >= 15 is 0 Å². The molecule has 7 heteroatoms. The van der Waals surface area contributed by atoms with Gasteiger partial charge in [-0.25, -0.2) is 9.78 Å². The fourth-order valence-electron chi connectivity index (χ4n) is 0.884. The summed E-state index contributed by atoms with van der Waals surface area (Å²) in [5, 5.41) is 5.46. The molecule has 16 heavy (non-hydrogen) atoms. The molecule has 3 rings (SSSR count). The van der Waals surface area contributed by atoms with Crippen LogP contribution in [0.1, 0.15) is 0 Å². The van der Waals surface area contributed by atoms with E-state index in [2.05, 4.69) is 24.8 Å². The smallest absolute Gasteiger partial charge is 0.407 e. The summed E-state index contributed by atoms with van der Waals surface area (Å²) < 4.78 is 13.7. The normalized spacial score (nSPS) is 17.4. The second-order valence-corrected chi connectivity index (χ2v) is 2.79. The number of nitrogens with zero attached hydrogens (tertiary/aromatic N) is 1. The van der Waals surface area contributed by atoms with Gasteiger partial charge in [-0.1, -0.05) is 0 Å². The van der Waals surface area contributed by atoms with Crippen LogP contribution in [0, 0.1) is 0 Å². The fourth-order valence-corrected chi connectivity index (χ4v) is 0.884. The van der Waals surface area contributed by atoms with Crippen molar-refractivity contribution in [1.82, 2.24) is 15.6 Å². The molecule has 7 nitrogen and oxygen atoms in total. The van der Waals surface area contributed by atoms with Gasteiger partial charge in [0.1, 0.15) is 12.9 Å². The van der Waals surface area contributed by atoms with Crippen molar-refractivity contribution < 1.29 is 18.7 Å². The number of nitrogens with one attached hydrogen (secondary N) is 2. The Hall–Kier alpha value is -1.60. The molecule has 2 aliphatic heterocycles. The summed E-state index contributed by atoms with van der Waals surface area (Å²) in [4.78, 5) is 13.5. The number of hydrogen-bond acceptors (Lipinski definition) is 6. The lowest BCUT2D eigenvalue weighted by molar-refractivity contribution is 0.178. The minimum Gasteiger partial charge on any atom is -0.452 e. The molecule has 3 heterocycles. The van der Waals surface area contributed by atoms with Crippen molar-refractivity contribution in [3.05, 3.63) is 18.9 Å². The van der Waals surface area contributed by atoms with Crippen molar-refractivity contribution >= 4 is 6.09 Å². The third-order valence-corrected chi connectivity index (χ3v) is 1.58. The minimum atomic E-state index is -0.296. The number of rotatable bonds is 0. The number of carbonyl (C=O) groups excluding carboxylic acids is 1. The standard InChI is InChI=1S/C3H5NO2.C3H7NO.C3H3NO/c5-3-4-1-2-6-3;2*1-2-5-3-4-1/h1-2H2,(H,4,5);4H,1-3H2;1-3H. The van der Waals surface area contributed by atoms with E-state index in [-0.39, 0.29) is 6.09 Å². The van der Waals surface area contributed by atoms with Crippen molar-refractivity contribution in [2.24, 2.45) is 0 Å². The van der Waals surface area contributed by atoms with E-state index in [4.69, 9.17) is 4.74 Å². The Labute approximate surface area is 93.1 Å². The van der Waals surface area contributed by atoms with Gasteiger partial charge in [-0.2, -0.15) is 0 Å². The number of ether oxygens (including phenoxy) is 2. The molecule has 2 aliphatic rings. The summed E-state index contributed by atoms with van der Waals surface area (Å²) in [6, 6.07) is 0. The molecule has 0 aromatic carbocycles. The fraction of sp³-hybridized carbons (Fsp3) is 0.556. The van der Waals surface area contributed by atoms with Crippen molar-refractivity contribution in [2.45, 2.75) is 0 Å². The van der Waals surface area contributed by atoms with Gasteiger partial charge in [-0.3, -0.25) is 5.32 Å². The van der Waals surface area contributed by atoms with Gasteiger partial charge in [0.2, 0.25) is 0 Å². The van der Waals surface area contributed by atoms with Crippen LogP contribution in [-0.4, -0.2) is 44.1 Å². The molecule has 2 fully saturated rings. The SMILES string of the molecule is C1COCN1.O=C1NCCO1.c1cocn1. The number of hydrogen-bond donors (Lipinski definition) is 2. The number of alkyl carbamates (subject to hydrolysis) is 1. The van der Waals surface area contributed by atoms with E-state index in [0.29, 0.717) is 13.2 Å². The first-order valence-corrected chi connectivity index (χ1v) is 4.91. The summed E-state index contributed by atoms with van der Waals surface area (Å²) in [6.07, 6.45) is 4.18. The summed E-state index contributed by atoms with van der Waals surface area (Å²) >= 11 is 0. The Morgan fingerprint density at radius 3 is 2.44 bits per heavy atom. The Morgan fingerprint density at radius 1 is 1.31 bits per heavy atom. The second kappa shape index (κ2) is 8.69. The topological polar surface area (TPSA) is 85.6 Å². The monoisotopic (exact) mass is 229 g/mol. The highest BCUT2D eigenvalue weighted by Crippen LogP contribution is 1.82. The van der Waals surface area contributed by atoms with Gasteiger partial charge in [0.15, 0.2) is 6.39 Å².